The molecular formula is C24H17F3N2O5. The Labute approximate surface area is 191 Å². The highest BCUT2D eigenvalue weighted by Crippen LogP contribution is 2.34. The first-order valence-electron chi connectivity index (χ1n) is 10.1. The second-order valence-electron chi connectivity index (χ2n) is 7.14. The lowest BCUT2D eigenvalue weighted by molar-refractivity contribution is -0.137. The van der Waals surface area contributed by atoms with Crippen LogP contribution < -0.4 is 15.0 Å². The van der Waals surface area contributed by atoms with Crippen molar-refractivity contribution in [1.82, 2.24) is 5.32 Å². The van der Waals surface area contributed by atoms with E-state index in [0.717, 1.165) is 23.1 Å². The van der Waals surface area contributed by atoms with Gasteiger partial charge in [0.25, 0.3) is 11.8 Å². The molecule has 7 nitrogen and oxygen atoms in total. The van der Waals surface area contributed by atoms with Gasteiger partial charge in [-0.1, -0.05) is 24.3 Å². The average molecular weight is 470 g/mol. The summed E-state index contributed by atoms with van der Waals surface area (Å²) in [5, 5.41) is 2.10. The van der Waals surface area contributed by atoms with Gasteiger partial charge in [0.15, 0.2) is 0 Å². The van der Waals surface area contributed by atoms with Crippen molar-refractivity contribution in [2.45, 2.75) is 13.1 Å². The van der Waals surface area contributed by atoms with Crippen LogP contribution in [-0.4, -0.2) is 24.5 Å². The largest absolute Gasteiger partial charge is 0.492 e. The van der Waals surface area contributed by atoms with Crippen LogP contribution in [0.25, 0.3) is 17.4 Å². The molecule has 1 N–H and O–H groups in total. The minimum atomic E-state index is -4.52. The number of furan rings is 1. The van der Waals surface area contributed by atoms with Gasteiger partial charge < -0.3 is 9.15 Å². The molecule has 174 valence electrons. The van der Waals surface area contributed by atoms with Crippen molar-refractivity contribution in [3.63, 3.8) is 0 Å². The maximum Gasteiger partial charge on any atom is 0.416 e. The maximum absolute atomic E-state index is 13.1. The molecule has 0 unspecified atom stereocenters. The molecular weight excluding hydrogens is 453 g/mol. The molecule has 34 heavy (non-hydrogen) atoms. The monoisotopic (exact) mass is 470 g/mol. The van der Waals surface area contributed by atoms with Crippen LogP contribution in [0.15, 0.2) is 70.7 Å². The third-order valence-electron chi connectivity index (χ3n) is 4.90. The third kappa shape index (κ3) is 4.42. The number of nitrogens with zero attached hydrogens (tertiary/aromatic N) is 1. The number of anilines is 1. The van der Waals surface area contributed by atoms with Crippen molar-refractivity contribution in [3.8, 4) is 17.1 Å². The molecule has 0 aliphatic carbocycles. The Balaban J connectivity index is 1.67. The Morgan fingerprint density at radius 1 is 1.03 bits per heavy atom. The summed E-state index contributed by atoms with van der Waals surface area (Å²) in [6.45, 7) is 2.02. The first-order valence-corrected chi connectivity index (χ1v) is 10.1. The van der Waals surface area contributed by atoms with Gasteiger partial charge in [0.05, 0.1) is 17.9 Å². The number of imide groups is 2. The summed E-state index contributed by atoms with van der Waals surface area (Å²) in [4.78, 5) is 38.7. The van der Waals surface area contributed by atoms with Gasteiger partial charge in [0.1, 0.15) is 22.8 Å². The second kappa shape index (κ2) is 8.89. The van der Waals surface area contributed by atoms with E-state index in [0.29, 0.717) is 0 Å². The minimum absolute atomic E-state index is 0.0401. The maximum atomic E-state index is 13.1. The van der Waals surface area contributed by atoms with E-state index in [2.05, 4.69) is 5.32 Å². The van der Waals surface area contributed by atoms with Crippen molar-refractivity contribution in [3.05, 3.63) is 77.6 Å². The number of benzene rings is 2. The van der Waals surface area contributed by atoms with Gasteiger partial charge in [-0.15, -0.1) is 0 Å². The van der Waals surface area contributed by atoms with E-state index in [1.54, 1.807) is 25.1 Å². The Morgan fingerprint density at radius 2 is 1.79 bits per heavy atom. The first-order chi connectivity index (χ1) is 16.2. The van der Waals surface area contributed by atoms with Crippen LogP contribution in [-0.2, 0) is 15.8 Å². The van der Waals surface area contributed by atoms with E-state index in [1.165, 1.54) is 30.3 Å². The number of para-hydroxylation sites is 2. The zero-order chi connectivity index (χ0) is 24.5. The molecule has 1 aliphatic rings. The highest BCUT2D eigenvalue weighted by atomic mass is 19.4. The number of ether oxygens (including phenoxy) is 1. The van der Waals surface area contributed by atoms with Crippen molar-refractivity contribution in [2.24, 2.45) is 0 Å². The molecule has 0 atom stereocenters. The van der Waals surface area contributed by atoms with Crippen LogP contribution in [0.5, 0.6) is 5.75 Å². The fourth-order valence-corrected chi connectivity index (χ4v) is 3.37. The summed E-state index contributed by atoms with van der Waals surface area (Å²) < 4.78 is 50.1. The third-order valence-corrected chi connectivity index (χ3v) is 4.90. The summed E-state index contributed by atoms with van der Waals surface area (Å²) in [7, 11) is 0. The number of alkyl halides is 3. The van der Waals surface area contributed by atoms with Crippen molar-refractivity contribution in [2.75, 3.05) is 11.5 Å². The smallest absolute Gasteiger partial charge is 0.416 e. The normalized spacial score (nSPS) is 15.6. The molecule has 4 amide bonds. The topological polar surface area (TPSA) is 88.8 Å². The summed E-state index contributed by atoms with van der Waals surface area (Å²) in [5.74, 6) is -1.42. The molecule has 0 saturated carbocycles. The molecule has 1 saturated heterocycles. The lowest BCUT2D eigenvalue weighted by atomic mass is 10.1. The Kier molecular flexibility index (Phi) is 5.97. The summed E-state index contributed by atoms with van der Waals surface area (Å²) in [6.07, 6.45) is -3.40. The van der Waals surface area contributed by atoms with Crippen LogP contribution in [0.1, 0.15) is 18.2 Å². The standard InChI is InChI=1S/C24H17F3N2O5/c1-2-33-20-9-4-3-8-18(20)29-22(31)17(21(30)28-23(29)32)13-16-10-11-19(34-16)14-6-5-7-15(12-14)24(25,26)27/h3-13H,2H2,1H3,(H,28,30,32)/b17-13+. The van der Waals surface area contributed by atoms with Gasteiger partial charge >= 0.3 is 12.2 Å². The number of carbonyl (C=O) groups is 3. The lowest BCUT2D eigenvalue weighted by Gasteiger charge is -2.27. The number of carbonyl (C=O) groups excluding carboxylic acids is 3. The second-order valence-corrected chi connectivity index (χ2v) is 7.14. The molecule has 0 radical (unpaired) electrons. The number of rotatable bonds is 5. The fraction of sp³-hybridized carbons (Fsp3) is 0.125. The molecule has 0 spiro atoms. The number of nitrogens with one attached hydrogen (secondary N) is 1. The Morgan fingerprint density at radius 3 is 2.53 bits per heavy atom. The van der Waals surface area contributed by atoms with E-state index >= 15 is 0 Å². The molecule has 1 aromatic heterocycles. The molecule has 10 heteroatoms. The number of barbiturate groups is 1. The zero-order valence-electron chi connectivity index (χ0n) is 17.7. The lowest BCUT2D eigenvalue weighted by Crippen LogP contribution is -2.54. The fourth-order valence-electron chi connectivity index (χ4n) is 3.37. The molecule has 4 rings (SSSR count). The molecule has 2 heterocycles. The molecule has 1 fully saturated rings. The number of amides is 4. The van der Waals surface area contributed by atoms with Crippen molar-refractivity contribution < 1.29 is 36.7 Å². The SMILES string of the molecule is CCOc1ccccc1N1C(=O)NC(=O)/C(=C\c2ccc(-c3cccc(C(F)(F)F)c3)o2)C1=O. The Hall–Kier alpha value is -4.34. The van der Waals surface area contributed by atoms with E-state index in [-0.39, 0.29) is 35.1 Å². The van der Waals surface area contributed by atoms with Crippen LogP contribution in [0, 0.1) is 0 Å². The van der Waals surface area contributed by atoms with Crippen LogP contribution in [0.2, 0.25) is 0 Å². The number of hydrogen-bond donors (Lipinski definition) is 1. The predicted octanol–water partition coefficient (Wildman–Crippen LogP) is 5.03. The highest BCUT2D eigenvalue weighted by molar-refractivity contribution is 6.39. The zero-order valence-corrected chi connectivity index (χ0v) is 17.7. The first kappa shape index (κ1) is 22.8. The van der Waals surface area contributed by atoms with Gasteiger partial charge in [-0.2, -0.15) is 13.2 Å². The summed E-state index contributed by atoms with van der Waals surface area (Å²) in [6, 6.07) is 12.8. The van der Waals surface area contributed by atoms with Gasteiger partial charge in [0, 0.05) is 5.56 Å². The van der Waals surface area contributed by atoms with Gasteiger partial charge in [-0.25, -0.2) is 9.69 Å². The quantitative estimate of drug-likeness (QED) is 0.417. The van der Waals surface area contributed by atoms with E-state index < -0.39 is 35.2 Å². The van der Waals surface area contributed by atoms with E-state index in [4.69, 9.17) is 9.15 Å². The minimum Gasteiger partial charge on any atom is -0.492 e. The van der Waals surface area contributed by atoms with Gasteiger partial charge in [0.2, 0.25) is 0 Å². The van der Waals surface area contributed by atoms with Crippen molar-refractivity contribution in [1.29, 1.82) is 0 Å². The number of urea groups is 1. The van der Waals surface area contributed by atoms with Gasteiger partial charge in [-0.05, 0) is 49.4 Å². The predicted molar refractivity (Wildman–Crippen MR) is 116 cm³/mol. The summed E-state index contributed by atoms with van der Waals surface area (Å²) in [5.41, 5.74) is -0.920. The molecule has 3 aromatic rings. The molecule has 0 bridgehead atoms. The van der Waals surface area contributed by atoms with Crippen LogP contribution in [0.4, 0.5) is 23.7 Å². The van der Waals surface area contributed by atoms with Crippen LogP contribution >= 0.6 is 0 Å². The highest BCUT2D eigenvalue weighted by Gasteiger charge is 2.38. The van der Waals surface area contributed by atoms with Crippen molar-refractivity contribution >= 4 is 29.6 Å². The number of hydrogen-bond acceptors (Lipinski definition) is 5. The van der Waals surface area contributed by atoms with Gasteiger partial charge in [-0.3, -0.25) is 14.9 Å². The Bertz CT molecular complexity index is 1310. The van der Waals surface area contributed by atoms with E-state index in [1.807, 2.05) is 0 Å². The number of halogens is 3. The molecule has 1 aliphatic heterocycles. The molecule has 2 aromatic carbocycles. The van der Waals surface area contributed by atoms with E-state index in [9.17, 15) is 27.6 Å². The summed E-state index contributed by atoms with van der Waals surface area (Å²) >= 11 is 0. The average Bonchev–Trinajstić information content (AvgIpc) is 3.26. The van der Waals surface area contributed by atoms with Crippen LogP contribution in [0.3, 0.4) is 0 Å².